The van der Waals surface area contributed by atoms with E-state index in [2.05, 4.69) is 46.1 Å². The summed E-state index contributed by atoms with van der Waals surface area (Å²) in [7, 11) is -1.72. The number of amides is 1. The van der Waals surface area contributed by atoms with Gasteiger partial charge in [0, 0.05) is 12.5 Å². The highest BCUT2D eigenvalue weighted by molar-refractivity contribution is 6.74. The molecule has 0 aliphatic carbocycles. The minimum Gasteiger partial charge on any atom is -0.444 e. The topological polar surface area (TPSA) is 47.6 Å². The zero-order valence-electron chi connectivity index (χ0n) is 11.8. The van der Waals surface area contributed by atoms with Crippen molar-refractivity contribution in [3.63, 3.8) is 0 Å². The molecule has 1 fully saturated rings. The second kappa shape index (κ2) is 4.98. The Balaban J connectivity index is 2.44. The van der Waals surface area contributed by atoms with Crippen LogP contribution in [0.2, 0.25) is 18.1 Å². The number of ether oxygens (including phenoxy) is 1. The van der Waals surface area contributed by atoms with Crippen molar-refractivity contribution in [1.82, 2.24) is 5.32 Å². The van der Waals surface area contributed by atoms with E-state index in [4.69, 9.17) is 9.16 Å². The molecular formula is C12H25NO3Si. The zero-order valence-corrected chi connectivity index (χ0v) is 12.8. The first-order chi connectivity index (χ1) is 7.62. The number of hydrogen-bond acceptors (Lipinski definition) is 3. The van der Waals surface area contributed by atoms with Gasteiger partial charge in [-0.25, -0.2) is 4.79 Å². The predicted octanol–water partition coefficient (Wildman–Crippen LogP) is 2.90. The summed E-state index contributed by atoms with van der Waals surface area (Å²) in [5.74, 6) is 0. The van der Waals surface area contributed by atoms with Crippen molar-refractivity contribution >= 4 is 14.4 Å². The highest BCUT2D eigenvalue weighted by Gasteiger charge is 2.39. The van der Waals surface area contributed by atoms with Crippen LogP contribution in [0.15, 0.2) is 0 Å². The summed E-state index contributed by atoms with van der Waals surface area (Å²) in [5, 5.41) is 2.88. The highest BCUT2D eigenvalue weighted by Crippen LogP contribution is 2.37. The van der Waals surface area contributed by atoms with E-state index in [1.165, 1.54) is 0 Å². The molecule has 1 aliphatic rings. The van der Waals surface area contributed by atoms with Gasteiger partial charge in [0.05, 0.1) is 6.54 Å². The van der Waals surface area contributed by atoms with Gasteiger partial charge >= 0.3 is 6.09 Å². The van der Waals surface area contributed by atoms with Crippen molar-refractivity contribution in [3.05, 3.63) is 0 Å². The van der Waals surface area contributed by atoms with Crippen molar-refractivity contribution in [1.29, 1.82) is 0 Å². The smallest absolute Gasteiger partial charge is 0.407 e. The summed E-state index contributed by atoms with van der Waals surface area (Å²) in [5.41, 5.74) is 0. The number of cyclic esters (lactones) is 1. The molecule has 0 aromatic heterocycles. The zero-order chi connectivity index (χ0) is 13.3. The predicted molar refractivity (Wildman–Crippen MR) is 70.6 cm³/mol. The normalized spacial score (nSPS) is 23.2. The fourth-order valence-corrected chi connectivity index (χ4v) is 3.12. The number of carbonyl (C=O) groups is 1. The van der Waals surface area contributed by atoms with Crippen LogP contribution in [0.5, 0.6) is 0 Å². The molecule has 17 heavy (non-hydrogen) atoms. The Morgan fingerprint density at radius 2 is 2.12 bits per heavy atom. The lowest BCUT2D eigenvalue weighted by Crippen LogP contribution is -2.44. The minimum atomic E-state index is -1.72. The van der Waals surface area contributed by atoms with Crippen LogP contribution >= 0.6 is 0 Å². The Morgan fingerprint density at radius 1 is 1.53 bits per heavy atom. The van der Waals surface area contributed by atoms with Crippen LogP contribution in [-0.2, 0) is 9.16 Å². The van der Waals surface area contributed by atoms with Gasteiger partial charge in [0.25, 0.3) is 0 Å². The lowest BCUT2D eigenvalue weighted by Gasteiger charge is -2.38. The monoisotopic (exact) mass is 259 g/mol. The van der Waals surface area contributed by atoms with Gasteiger partial charge < -0.3 is 14.5 Å². The Kier molecular flexibility index (Phi) is 4.25. The van der Waals surface area contributed by atoms with E-state index in [9.17, 15) is 4.79 Å². The average Bonchev–Trinajstić information content (AvgIpc) is 2.47. The fraction of sp³-hybridized carbons (Fsp3) is 0.917. The lowest BCUT2D eigenvalue weighted by molar-refractivity contribution is 0.0965. The molecule has 1 rings (SSSR count). The van der Waals surface area contributed by atoms with Crippen LogP contribution in [0.3, 0.4) is 0 Å². The maximum atomic E-state index is 10.9. The Hall–Kier alpha value is -0.553. The van der Waals surface area contributed by atoms with Crippen molar-refractivity contribution < 1.29 is 14.0 Å². The molecule has 100 valence electrons. The minimum absolute atomic E-state index is 0.0396. The molecule has 1 aliphatic heterocycles. The molecule has 0 radical (unpaired) electrons. The number of nitrogens with one attached hydrogen (secondary N) is 1. The van der Waals surface area contributed by atoms with Crippen LogP contribution in [0.4, 0.5) is 4.79 Å². The van der Waals surface area contributed by atoms with E-state index in [0.717, 1.165) is 6.42 Å². The van der Waals surface area contributed by atoms with E-state index in [0.29, 0.717) is 6.54 Å². The molecule has 0 spiro atoms. The molecule has 1 heterocycles. The van der Waals surface area contributed by atoms with E-state index < -0.39 is 8.32 Å². The maximum Gasteiger partial charge on any atom is 0.407 e. The first-order valence-corrected chi connectivity index (χ1v) is 9.15. The molecule has 2 atom stereocenters. The van der Waals surface area contributed by atoms with Crippen LogP contribution < -0.4 is 5.32 Å². The van der Waals surface area contributed by atoms with Crippen molar-refractivity contribution in [3.8, 4) is 0 Å². The first kappa shape index (κ1) is 14.5. The van der Waals surface area contributed by atoms with Gasteiger partial charge in [0.1, 0.15) is 6.10 Å². The second-order valence-corrected chi connectivity index (χ2v) is 11.1. The Labute approximate surface area is 105 Å². The molecule has 0 aromatic rings. The van der Waals surface area contributed by atoms with Crippen molar-refractivity contribution in [2.75, 3.05) is 6.54 Å². The highest BCUT2D eigenvalue weighted by atomic mass is 28.4. The van der Waals surface area contributed by atoms with E-state index >= 15 is 0 Å². The molecule has 5 heteroatoms. The standard InChI is InChI=1S/C12H25NO3Si/c1-9(7-10-8-13-11(14)15-10)16-17(5,6)12(2,3)4/h9-10H,7-8H2,1-6H3,(H,13,14)/t9?,10-/m1/s1. The molecule has 0 bridgehead atoms. The van der Waals surface area contributed by atoms with Gasteiger partial charge in [-0.15, -0.1) is 0 Å². The van der Waals surface area contributed by atoms with Crippen LogP contribution in [-0.4, -0.2) is 33.2 Å². The Morgan fingerprint density at radius 3 is 2.53 bits per heavy atom. The van der Waals surface area contributed by atoms with Crippen LogP contribution in [0.25, 0.3) is 0 Å². The second-order valence-electron chi connectivity index (χ2n) is 6.33. The SMILES string of the molecule is CC(C[C@@H]1CNC(=O)O1)O[Si](C)(C)C(C)(C)C. The third-order valence-electron chi connectivity index (χ3n) is 3.64. The summed E-state index contributed by atoms with van der Waals surface area (Å²) >= 11 is 0. The third-order valence-corrected chi connectivity index (χ3v) is 8.25. The molecule has 4 nitrogen and oxygen atoms in total. The molecule has 0 saturated carbocycles. The molecule has 0 aromatic carbocycles. The van der Waals surface area contributed by atoms with E-state index in [-0.39, 0.29) is 23.3 Å². The quantitative estimate of drug-likeness (QED) is 0.790. The van der Waals surface area contributed by atoms with Crippen molar-refractivity contribution in [2.24, 2.45) is 0 Å². The first-order valence-electron chi connectivity index (χ1n) is 6.24. The lowest BCUT2D eigenvalue weighted by atomic mass is 10.2. The summed E-state index contributed by atoms with van der Waals surface area (Å²) in [6.07, 6.45) is 0.552. The van der Waals surface area contributed by atoms with Gasteiger partial charge in [-0.3, -0.25) is 0 Å². The largest absolute Gasteiger partial charge is 0.444 e. The number of rotatable bonds is 4. The summed E-state index contributed by atoms with van der Waals surface area (Å²) in [6.45, 7) is 13.8. The maximum absolute atomic E-state index is 10.9. The fourth-order valence-electron chi connectivity index (χ4n) is 1.66. The van der Waals surface area contributed by atoms with Gasteiger partial charge in [0.2, 0.25) is 0 Å². The molecule has 1 N–H and O–H groups in total. The van der Waals surface area contributed by atoms with Crippen LogP contribution in [0, 0.1) is 0 Å². The summed E-state index contributed by atoms with van der Waals surface area (Å²) in [4.78, 5) is 10.9. The molecule has 1 unspecified atom stereocenters. The Bertz CT molecular complexity index is 286. The molecular weight excluding hydrogens is 234 g/mol. The van der Waals surface area contributed by atoms with Crippen LogP contribution in [0.1, 0.15) is 34.1 Å². The van der Waals surface area contributed by atoms with Gasteiger partial charge in [-0.05, 0) is 25.1 Å². The molecule has 1 amide bonds. The third kappa shape index (κ3) is 3.99. The van der Waals surface area contributed by atoms with Gasteiger partial charge in [0.15, 0.2) is 8.32 Å². The van der Waals surface area contributed by atoms with Crippen molar-refractivity contribution in [2.45, 2.75) is 64.5 Å². The number of alkyl carbamates (subject to hydrolysis) is 1. The van der Waals surface area contributed by atoms with Gasteiger partial charge in [-0.1, -0.05) is 20.8 Å². The molecule has 1 saturated heterocycles. The average molecular weight is 259 g/mol. The van der Waals surface area contributed by atoms with E-state index in [1.807, 2.05) is 0 Å². The van der Waals surface area contributed by atoms with E-state index in [1.54, 1.807) is 0 Å². The number of hydrogen-bond donors (Lipinski definition) is 1. The summed E-state index contributed by atoms with van der Waals surface area (Å²) in [6, 6.07) is 0. The summed E-state index contributed by atoms with van der Waals surface area (Å²) < 4.78 is 11.3. The van der Waals surface area contributed by atoms with Gasteiger partial charge in [-0.2, -0.15) is 0 Å². The number of carbonyl (C=O) groups excluding carboxylic acids is 1.